The molecule has 3 rings (SSSR count). The molecule has 0 spiro atoms. The minimum Gasteiger partial charge on any atom is -0.493 e. The first-order valence-corrected chi connectivity index (χ1v) is 9.22. The van der Waals surface area contributed by atoms with E-state index in [1.54, 1.807) is 19.4 Å². The Morgan fingerprint density at radius 3 is 2.48 bits per heavy atom. The molecule has 4 nitrogen and oxygen atoms in total. The number of aromatic nitrogens is 1. The fraction of sp³-hybridized carbons (Fsp3) is 0.227. The number of rotatable bonds is 8. The molecule has 0 aliphatic rings. The highest BCUT2D eigenvalue weighted by molar-refractivity contribution is 6.29. The van der Waals surface area contributed by atoms with E-state index in [2.05, 4.69) is 41.5 Å². The standard InChI is InChI=1S/C22H23ClN2O2/c1-16(19-6-4-3-5-7-19)24-13-17-8-10-20(21(12-17)26-2)27-15-18-9-11-22(23)25-14-18/h3-12,14,16,24H,13,15H2,1-2H3/t16-/m1/s1. The second-order valence-electron chi connectivity index (χ2n) is 6.28. The predicted molar refractivity (Wildman–Crippen MR) is 108 cm³/mol. The number of benzene rings is 2. The summed E-state index contributed by atoms with van der Waals surface area (Å²) in [4.78, 5) is 4.06. The summed E-state index contributed by atoms with van der Waals surface area (Å²) in [5.74, 6) is 1.41. The number of nitrogens with one attached hydrogen (secondary N) is 1. The van der Waals surface area contributed by atoms with Gasteiger partial charge < -0.3 is 14.8 Å². The number of nitrogens with zero attached hydrogens (tertiary/aromatic N) is 1. The lowest BCUT2D eigenvalue weighted by Gasteiger charge is -2.16. The van der Waals surface area contributed by atoms with E-state index in [0.717, 1.165) is 17.7 Å². The van der Waals surface area contributed by atoms with E-state index >= 15 is 0 Å². The van der Waals surface area contributed by atoms with Crippen molar-refractivity contribution in [1.29, 1.82) is 0 Å². The van der Waals surface area contributed by atoms with Crippen molar-refractivity contribution in [1.82, 2.24) is 10.3 Å². The Kier molecular flexibility index (Phi) is 6.69. The van der Waals surface area contributed by atoms with Gasteiger partial charge in [-0.05, 0) is 36.2 Å². The van der Waals surface area contributed by atoms with Crippen LogP contribution in [-0.4, -0.2) is 12.1 Å². The first-order chi connectivity index (χ1) is 13.2. The number of hydrogen-bond donors (Lipinski definition) is 1. The van der Waals surface area contributed by atoms with Crippen LogP contribution in [0.2, 0.25) is 5.15 Å². The summed E-state index contributed by atoms with van der Waals surface area (Å²) in [6.45, 7) is 3.31. The Morgan fingerprint density at radius 1 is 1.00 bits per heavy atom. The van der Waals surface area contributed by atoms with Crippen LogP contribution in [0.1, 0.15) is 29.7 Å². The van der Waals surface area contributed by atoms with Crippen molar-refractivity contribution >= 4 is 11.6 Å². The van der Waals surface area contributed by atoms with Gasteiger partial charge in [0.1, 0.15) is 11.8 Å². The molecule has 0 aliphatic heterocycles. The van der Waals surface area contributed by atoms with E-state index < -0.39 is 0 Å². The number of methoxy groups -OCH3 is 1. The lowest BCUT2D eigenvalue weighted by molar-refractivity contribution is 0.284. The first kappa shape index (κ1) is 19.2. The quantitative estimate of drug-likeness (QED) is 0.545. The molecule has 1 heterocycles. The molecule has 0 saturated carbocycles. The van der Waals surface area contributed by atoms with Crippen LogP contribution in [-0.2, 0) is 13.2 Å². The Bertz CT molecular complexity index is 854. The average Bonchev–Trinajstić information content (AvgIpc) is 2.72. The normalized spacial score (nSPS) is 11.8. The topological polar surface area (TPSA) is 43.4 Å². The molecule has 27 heavy (non-hydrogen) atoms. The van der Waals surface area contributed by atoms with E-state index in [0.29, 0.717) is 23.3 Å². The molecule has 0 fully saturated rings. The van der Waals surface area contributed by atoms with Gasteiger partial charge >= 0.3 is 0 Å². The largest absolute Gasteiger partial charge is 0.493 e. The summed E-state index contributed by atoms with van der Waals surface area (Å²) in [5.41, 5.74) is 3.35. The van der Waals surface area contributed by atoms with E-state index in [1.165, 1.54) is 5.56 Å². The predicted octanol–water partition coefficient (Wildman–Crippen LogP) is 5.17. The maximum Gasteiger partial charge on any atom is 0.161 e. The Morgan fingerprint density at radius 2 is 1.78 bits per heavy atom. The summed E-state index contributed by atoms with van der Waals surface area (Å²) in [6.07, 6.45) is 1.71. The third kappa shape index (κ3) is 5.46. The minimum atomic E-state index is 0.269. The van der Waals surface area contributed by atoms with Gasteiger partial charge in [0.2, 0.25) is 0 Å². The van der Waals surface area contributed by atoms with Crippen molar-refractivity contribution in [2.45, 2.75) is 26.1 Å². The molecule has 2 aromatic carbocycles. The molecule has 1 aromatic heterocycles. The summed E-state index contributed by atoms with van der Waals surface area (Å²) in [6, 6.07) is 20.3. The first-order valence-electron chi connectivity index (χ1n) is 8.84. The molecule has 1 atom stereocenters. The molecule has 3 aromatic rings. The van der Waals surface area contributed by atoms with Crippen LogP contribution < -0.4 is 14.8 Å². The number of hydrogen-bond acceptors (Lipinski definition) is 4. The van der Waals surface area contributed by atoms with Gasteiger partial charge in [0.05, 0.1) is 7.11 Å². The van der Waals surface area contributed by atoms with Crippen molar-refractivity contribution in [2.75, 3.05) is 7.11 Å². The van der Waals surface area contributed by atoms with Crippen LogP contribution in [0, 0.1) is 0 Å². The monoisotopic (exact) mass is 382 g/mol. The molecule has 140 valence electrons. The Balaban J connectivity index is 1.60. The highest BCUT2D eigenvalue weighted by Gasteiger charge is 2.09. The fourth-order valence-corrected chi connectivity index (χ4v) is 2.84. The van der Waals surface area contributed by atoms with Gasteiger partial charge in [-0.15, -0.1) is 0 Å². The fourth-order valence-electron chi connectivity index (χ4n) is 2.72. The lowest BCUT2D eigenvalue weighted by Crippen LogP contribution is -2.18. The van der Waals surface area contributed by atoms with Crippen molar-refractivity contribution in [2.24, 2.45) is 0 Å². The molecule has 5 heteroatoms. The van der Waals surface area contributed by atoms with E-state index in [9.17, 15) is 0 Å². The van der Waals surface area contributed by atoms with Crippen LogP contribution in [0.4, 0.5) is 0 Å². The molecule has 0 aliphatic carbocycles. The van der Waals surface area contributed by atoms with Crippen LogP contribution in [0.5, 0.6) is 11.5 Å². The third-order valence-corrected chi connectivity index (χ3v) is 4.55. The SMILES string of the molecule is COc1cc(CN[C@H](C)c2ccccc2)ccc1OCc1ccc(Cl)nc1. The van der Waals surface area contributed by atoms with Gasteiger partial charge in [-0.25, -0.2) is 4.98 Å². The number of ether oxygens (including phenoxy) is 2. The zero-order chi connectivity index (χ0) is 19.1. The van der Waals surface area contributed by atoms with Crippen molar-refractivity contribution in [3.8, 4) is 11.5 Å². The molecular weight excluding hydrogens is 360 g/mol. The van der Waals surface area contributed by atoms with Gasteiger partial charge in [0.15, 0.2) is 11.5 Å². The molecule has 0 unspecified atom stereocenters. The van der Waals surface area contributed by atoms with Gasteiger partial charge in [0, 0.05) is 24.3 Å². The molecule has 0 bridgehead atoms. The zero-order valence-corrected chi connectivity index (χ0v) is 16.2. The van der Waals surface area contributed by atoms with Crippen molar-refractivity contribution in [3.05, 3.63) is 88.7 Å². The summed E-state index contributed by atoms with van der Waals surface area (Å²) in [7, 11) is 1.65. The highest BCUT2D eigenvalue weighted by atomic mass is 35.5. The Hall–Kier alpha value is -2.56. The Labute approximate surface area is 165 Å². The van der Waals surface area contributed by atoms with Gasteiger partial charge in [0.25, 0.3) is 0 Å². The van der Waals surface area contributed by atoms with E-state index in [-0.39, 0.29) is 6.04 Å². The number of halogens is 1. The van der Waals surface area contributed by atoms with Crippen LogP contribution in [0.3, 0.4) is 0 Å². The molecule has 0 radical (unpaired) electrons. The van der Waals surface area contributed by atoms with Crippen molar-refractivity contribution in [3.63, 3.8) is 0 Å². The van der Waals surface area contributed by atoms with E-state index in [1.807, 2.05) is 30.3 Å². The maximum absolute atomic E-state index is 5.88. The molecule has 0 amide bonds. The second-order valence-corrected chi connectivity index (χ2v) is 6.66. The zero-order valence-electron chi connectivity index (χ0n) is 15.5. The highest BCUT2D eigenvalue weighted by Crippen LogP contribution is 2.29. The average molecular weight is 383 g/mol. The summed E-state index contributed by atoms with van der Waals surface area (Å²) in [5, 5.41) is 4.00. The second kappa shape index (κ2) is 9.40. The van der Waals surface area contributed by atoms with E-state index in [4.69, 9.17) is 21.1 Å². The van der Waals surface area contributed by atoms with Gasteiger partial charge in [-0.1, -0.05) is 54.1 Å². The maximum atomic E-state index is 5.88. The smallest absolute Gasteiger partial charge is 0.161 e. The number of pyridine rings is 1. The van der Waals surface area contributed by atoms with Crippen LogP contribution in [0.15, 0.2) is 66.9 Å². The van der Waals surface area contributed by atoms with Gasteiger partial charge in [-0.3, -0.25) is 0 Å². The minimum absolute atomic E-state index is 0.269. The van der Waals surface area contributed by atoms with Gasteiger partial charge in [-0.2, -0.15) is 0 Å². The van der Waals surface area contributed by atoms with Crippen LogP contribution >= 0.6 is 11.6 Å². The third-order valence-electron chi connectivity index (χ3n) is 4.32. The molecule has 0 saturated heterocycles. The van der Waals surface area contributed by atoms with Crippen molar-refractivity contribution < 1.29 is 9.47 Å². The molecular formula is C22H23ClN2O2. The lowest BCUT2D eigenvalue weighted by atomic mass is 10.1. The van der Waals surface area contributed by atoms with Crippen LogP contribution in [0.25, 0.3) is 0 Å². The summed E-state index contributed by atoms with van der Waals surface area (Å²) >= 11 is 5.81. The summed E-state index contributed by atoms with van der Waals surface area (Å²) < 4.78 is 11.4. The molecule has 1 N–H and O–H groups in total.